The van der Waals surface area contributed by atoms with Crippen LogP contribution in [0.5, 0.6) is 5.75 Å². The molecule has 0 spiro atoms. The van der Waals surface area contributed by atoms with E-state index in [1.165, 1.54) is 16.1 Å². The van der Waals surface area contributed by atoms with Gasteiger partial charge in [0.2, 0.25) is 0 Å². The molecule has 1 fully saturated rings. The zero-order chi connectivity index (χ0) is 28.7. The number of benzene rings is 2. The maximum atomic E-state index is 12.3. The van der Waals surface area contributed by atoms with Gasteiger partial charge < -0.3 is 14.7 Å². The van der Waals surface area contributed by atoms with Crippen LogP contribution in [0.2, 0.25) is 0 Å². The molecule has 2 aliphatic rings. The highest BCUT2D eigenvalue weighted by Gasteiger charge is 2.33. The second-order valence-corrected chi connectivity index (χ2v) is 12.2. The van der Waals surface area contributed by atoms with Gasteiger partial charge in [-0.25, -0.2) is 4.79 Å². The number of thiophene rings is 1. The van der Waals surface area contributed by atoms with Crippen LogP contribution in [0.1, 0.15) is 79.4 Å². The molecule has 2 aromatic carbocycles. The van der Waals surface area contributed by atoms with Crippen molar-refractivity contribution in [3.63, 3.8) is 0 Å². The highest BCUT2D eigenvalue weighted by atomic mass is 32.1. The molecule has 0 unspecified atom stereocenters. The molecule has 210 valence electrons. The molecule has 1 atom stereocenters. The highest BCUT2D eigenvalue weighted by molar-refractivity contribution is 7.16. The summed E-state index contributed by atoms with van der Waals surface area (Å²) in [6, 6.07) is 14.8. The minimum Gasteiger partial charge on any atom is -0.489 e. The fraction of sp³-hybridized carbons (Fsp3) is 0.441. The number of aryl methyl sites for hydroxylation is 3. The summed E-state index contributed by atoms with van der Waals surface area (Å²) >= 11 is 1.67. The number of nitrogens with zero attached hydrogens (tertiary/aromatic N) is 1. The Morgan fingerprint density at radius 1 is 1.15 bits per heavy atom. The lowest BCUT2D eigenvalue weighted by molar-refractivity contribution is 0.0696. The minimum absolute atomic E-state index is 0.149. The van der Waals surface area contributed by atoms with Crippen molar-refractivity contribution in [3.8, 4) is 16.2 Å². The zero-order valence-corrected chi connectivity index (χ0v) is 25.6. The Balaban J connectivity index is 0.000000787. The summed E-state index contributed by atoms with van der Waals surface area (Å²) in [5.41, 5.74) is 6.29. The van der Waals surface area contributed by atoms with Crippen LogP contribution in [0.4, 0.5) is 5.69 Å². The Kier molecular flexibility index (Phi) is 10.4. The largest absolute Gasteiger partial charge is 0.489 e. The number of ether oxygens (including phenoxy) is 1. The van der Waals surface area contributed by atoms with Gasteiger partial charge in [-0.2, -0.15) is 0 Å². The van der Waals surface area contributed by atoms with Gasteiger partial charge in [0.15, 0.2) is 0 Å². The first-order valence-corrected chi connectivity index (χ1v) is 15.0. The number of carboxylic acids is 1. The minimum atomic E-state index is -0.813. The number of hydrogen-bond acceptors (Lipinski definition) is 4. The second kappa shape index (κ2) is 13.3. The molecule has 1 saturated heterocycles. The van der Waals surface area contributed by atoms with Gasteiger partial charge in [0, 0.05) is 28.4 Å². The molecule has 0 saturated carbocycles. The normalized spacial score (nSPS) is 17.2. The van der Waals surface area contributed by atoms with Crippen molar-refractivity contribution in [2.24, 2.45) is 5.41 Å². The van der Waals surface area contributed by atoms with Crippen molar-refractivity contribution in [2.45, 2.75) is 80.3 Å². The third-order valence-electron chi connectivity index (χ3n) is 7.28. The number of carboxylic acid groups (broad SMARTS) is 1. The van der Waals surface area contributed by atoms with Crippen molar-refractivity contribution in [3.05, 3.63) is 82.3 Å². The number of aromatic carboxylic acids is 1. The van der Waals surface area contributed by atoms with Crippen molar-refractivity contribution in [1.29, 1.82) is 0 Å². The van der Waals surface area contributed by atoms with Gasteiger partial charge in [0.25, 0.3) is 0 Å². The first-order chi connectivity index (χ1) is 18.6. The Labute approximate surface area is 239 Å². The quantitative estimate of drug-likeness (QED) is 0.324. The lowest BCUT2D eigenvalue weighted by atomic mass is 9.76. The molecule has 1 aliphatic carbocycles. The summed E-state index contributed by atoms with van der Waals surface area (Å²) < 4.78 is 6.35. The van der Waals surface area contributed by atoms with E-state index in [0.717, 1.165) is 66.1 Å². The molecule has 0 amide bonds. The van der Waals surface area contributed by atoms with Crippen LogP contribution in [-0.4, -0.2) is 30.3 Å². The Hall–Kier alpha value is -3.05. The molecule has 39 heavy (non-hydrogen) atoms. The molecular weight excluding hydrogens is 502 g/mol. The van der Waals surface area contributed by atoms with Crippen LogP contribution in [-0.2, 0) is 12.8 Å². The number of hydrogen-bond donors (Lipinski definition) is 1. The Bertz CT molecular complexity index is 1270. The third-order valence-corrected chi connectivity index (χ3v) is 8.60. The second-order valence-electron chi connectivity index (χ2n) is 11.0. The van der Waals surface area contributed by atoms with Gasteiger partial charge in [-0.05, 0) is 92.5 Å². The average molecular weight is 548 g/mol. The maximum Gasteiger partial charge on any atom is 0.337 e. The topological polar surface area (TPSA) is 49.8 Å². The van der Waals surface area contributed by atoms with E-state index >= 15 is 0 Å². The standard InChI is InChI=1S/C29H33NO3S.C3H6.C2H6/c1-18-5-7-20(8-6-18)30-14-12-22(17-30)33-21-9-10-23(19(2)15-21)27-26(28(31)32)24-16-29(3,4)13-11-25(24)34-27;1-3-2;1-2/h5-10,15,22H,11-14,16-17H2,1-4H3,(H,31,32);3H,1H2,2H3;1-2H3/t22-;;/m1../s1. The number of allylic oxidation sites excluding steroid dienone is 1. The molecule has 1 aliphatic heterocycles. The van der Waals surface area contributed by atoms with E-state index < -0.39 is 5.97 Å². The van der Waals surface area contributed by atoms with E-state index in [0.29, 0.717) is 5.56 Å². The highest BCUT2D eigenvalue weighted by Crippen LogP contribution is 2.46. The predicted molar refractivity (Wildman–Crippen MR) is 167 cm³/mol. The van der Waals surface area contributed by atoms with Gasteiger partial charge in [-0.3, -0.25) is 0 Å². The van der Waals surface area contributed by atoms with Crippen molar-refractivity contribution < 1.29 is 14.6 Å². The van der Waals surface area contributed by atoms with Gasteiger partial charge >= 0.3 is 5.97 Å². The number of anilines is 1. The average Bonchev–Trinajstić information content (AvgIpc) is 3.50. The first kappa shape index (κ1) is 30.5. The number of fused-ring (bicyclic) bond motifs is 1. The SMILES string of the molecule is C=CC.CC.Cc1ccc(N2CC[C@@H](Oc3ccc(-c4sc5c(c4C(=O)O)CC(C)(C)CC5)c(C)c3)C2)cc1. The van der Waals surface area contributed by atoms with Gasteiger partial charge in [-0.15, -0.1) is 17.9 Å². The molecule has 1 aromatic heterocycles. The summed E-state index contributed by atoms with van der Waals surface area (Å²) in [4.78, 5) is 16.8. The van der Waals surface area contributed by atoms with Crippen LogP contribution in [0.3, 0.4) is 0 Å². The van der Waals surface area contributed by atoms with E-state index in [1.54, 1.807) is 17.4 Å². The van der Waals surface area contributed by atoms with E-state index in [4.69, 9.17) is 4.74 Å². The van der Waals surface area contributed by atoms with E-state index in [9.17, 15) is 9.90 Å². The molecule has 3 aromatic rings. The summed E-state index contributed by atoms with van der Waals surface area (Å²) in [5, 5.41) is 10.1. The molecule has 5 heteroatoms. The maximum absolute atomic E-state index is 12.3. The first-order valence-electron chi connectivity index (χ1n) is 14.2. The Morgan fingerprint density at radius 3 is 2.44 bits per heavy atom. The van der Waals surface area contributed by atoms with Crippen molar-refractivity contribution in [2.75, 3.05) is 18.0 Å². The Morgan fingerprint density at radius 2 is 1.82 bits per heavy atom. The molecule has 1 N–H and O–H groups in total. The van der Waals surface area contributed by atoms with E-state index in [-0.39, 0.29) is 11.5 Å². The van der Waals surface area contributed by atoms with Crippen LogP contribution in [0.25, 0.3) is 10.4 Å². The molecule has 0 bridgehead atoms. The molecule has 2 heterocycles. The number of rotatable bonds is 5. The van der Waals surface area contributed by atoms with Crippen LogP contribution in [0.15, 0.2) is 55.1 Å². The monoisotopic (exact) mass is 547 g/mol. The van der Waals surface area contributed by atoms with E-state index in [2.05, 4.69) is 69.5 Å². The fourth-order valence-corrected chi connectivity index (χ4v) is 6.71. The van der Waals surface area contributed by atoms with Gasteiger partial charge in [0.1, 0.15) is 11.9 Å². The van der Waals surface area contributed by atoms with Crippen LogP contribution in [0, 0.1) is 19.3 Å². The summed E-state index contributed by atoms with van der Waals surface area (Å²) in [6.07, 6.45) is 5.79. The fourth-order valence-electron chi connectivity index (χ4n) is 5.31. The van der Waals surface area contributed by atoms with Crippen molar-refractivity contribution >= 4 is 23.0 Å². The van der Waals surface area contributed by atoms with Crippen molar-refractivity contribution in [1.82, 2.24) is 0 Å². The van der Waals surface area contributed by atoms with Crippen LogP contribution < -0.4 is 9.64 Å². The molecular formula is C34H45NO3S. The van der Waals surface area contributed by atoms with Crippen LogP contribution >= 0.6 is 11.3 Å². The van der Waals surface area contributed by atoms with Gasteiger partial charge in [-0.1, -0.05) is 51.5 Å². The summed E-state index contributed by atoms with van der Waals surface area (Å²) in [6.45, 7) is 19.8. The van der Waals surface area contributed by atoms with Gasteiger partial charge in [0.05, 0.1) is 12.1 Å². The number of carbonyl (C=O) groups is 1. The third kappa shape index (κ3) is 7.33. The molecule has 4 nitrogen and oxygen atoms in total. The molecule has 5 rings (SSSR count). The van der Waals surface area contributed by atoms with E-state index in [1.807, 2.05) is 32.9 Å². The zero-order valence-electron chi connectivity index (χ0n) is 24.8. The molecule has 0 radical (unpaired) electrons. The smallest absolute Gasteiger partial charge is 0.337 e. The lowest BCUT2D eigenvalue weighted by Gasteiger charge is -2.29. The summed E-state index contributed by atoms with van der Waals surface area (Å²) in [7, 11) is 0. The lowest BCUT2D eigenvalue weighted by Crippen LogP contribution is -2.24. The predicted octanol–water partition coefficient (Wildman–Crippen LogP) is 9.12. The summed E-state index contributed by atoms with van der Waals surface area (Å²) in [5.74, 6) is 0.0448.